The van der Waals surface area contributed by atoms with Crippen molar-refractivity contribution in [2.24, 2.45) is 0 Å². The average Bonchev–Trinajstić information content (AvgIpc) is 3.15. The second-order valence-corrected chi connectivity index (χ2v) is 9.99. The summed E-state index contributed by atoms with van der Waals surface area (Å²) in [6.07, 6.45) is -3.79. The number of thiazole rings is 1. The van der Waals surface area contributed by atoms with Crippen LogP contribution in [0, 0.1) is 0 Å². The van der Waals surface area contributed by atoms with Crippen molar-refractivity contribution in [3.63, 3.8) is 0 Å². The predicted octanol–water partition coefficient (Wildman–Crippen LogP) is 4.56. The zero-order valence-corrected chi connectivity index (χ0v) is 18.1. The third-order valence-corrected chi connectivity index (χ3v) is 7.89. The molecule has 1 fully saturated rings. The van der Waals surface area contributed by atoms with E-state index >= 15 is 0 Å². The quantitative estimate of drug-likeness (QED) is 0.545. The van der Waals surface area contributed by atoms with Gasteiger partial charge in [-0.2, -0.15) is 17.5 Å². The van der Waals surface area contributed by atoms with E-state index in [1.54, 1.807) is 7.11 Å². The highest BCUT2D eigenvalue weighted by Crippen LogP contribution is 2.33. The summed E-state index contributed by atoms with van der Waals surface area (Å²) in [6.45, 7) is 0.430. The van der Waals surface area contributed by atoms with Crippen LogP contribution in [-0.2, 0) is 16.2 Å². The number of halogens is 3. The monoisotopic (exact) mass is 472 g/mol. The molecule has 0 unspecified atom stereocenters. The van der Waals surface area contributed by atoms with Gasteiger partial charge in [-0.25, -0.2) is 13.4 Å². The smallest absolute Gasteiger partial charge is 0.416 e. The zero-order chi connectivity index (χ0) is 22.2. The maximum Gasteiger partial charge on any atom is 0.416 e. The van der Waals surface area contributed by atoms with Gasteiger partial charge in [0, 0.05) is 13.1 Å². The number of hydrogen-bond donors (Lipinski definition) is 0. The Kier molecular flexibility index (Phi) is 5.84. The molecule has 0 atom stereocenters. The number of methoxy groups -OCH3 is 1. The van der Waals surface area contributed by atoms with Crippen LogP contribution in [0.2, 0.25) is 0 Å². The normalized spacial score (nSPS) is 16.5. The summed E-state index contributed by atoms with van der Waals surface area (Å²) in [5.41, 5.74) is -0.0878. The molecular weight excluding hydrogens is 453 g/mol. The Bertz CT molecular complexity index is 1170. The molecule has 0 spiro atoms. The first kappa shape index (κ1) is 21.8. The highest BCUT2D eigenvalue weighted by Gasteiger charge is 2.33. The van der Waals surface area contributed by atoms with E-state index in [1.165, 1.54) is 15.6 Å². The van der Waals surface area contributed by atoms with E-state index in [2.05, 4.69) is 4.98 Å². The van der Waals surface area contributed by atoms with E-state index in [-0.39, 0.29) is 24.1 Å². The van der Waals surface area contributed by atoms with Gasteiger partial charge in [0.15, 0.2) is 0 Å². The number of alkyl halides is 3. The van der Waals surface area contributed by atoms with Gasteiger partial charge in [0.05, 0.1) is 27.8 Å². The number of hydrogen-bond acceptors (Lipinski definition) is 6. The van der Waals surface area contributed by atoms with Crippen molar-refractivity contribution in [2.75, 3.05) is 20.2 Å². The fourth-order valence-corrected chi connectivity index (χ4v) is 5.74. The van der Waals surface area contributed by atoms with Gasteiger partial charge < -0.3 is 9.47 Å². The van der Waals surface area contributed by atoms with Crippen molar-refractivity contribution < 1.29 is 31.1 Å². The van der Waals surface area contributed by atoms with Crippen LogP contribution in [0.15, 0.2) is 47.4 Å². The number of sulfonamides is 1. The fourth-order valence-electron chi connectivity index (χ4n) is 3.36. The Labute approximate surface area is 181 Å². The molecule has 1 aliphatic heterocycles. The van der Waals surface area contributed by atoms with Crippen molar-refractivity contribution >= 4 is 31.6 Å². The standard InChI is InChI=1S/C20H19F3N2O4S2/c1-28-15-4-7-17-18(12-15)30-19(24-17)29-14-8-10-25(11-9-14)31(26,27)16-5-2-13(3-6-16)20(21,22)23/h2-7,12,14H,8-11H2,1H3. The molecule has 166 valence electrons. The van der Waals surface area contributed by atoms with Crippen molar-refractivity contribution in [1.82, 2.24) is 9.29 Å². The van der Waals surface area contributed by atoms with Gasteiger partial charge in [-0.1, -0.05) is 11.3 Å². The molecule has 0 saturated carbocycles. The highest BCUT2D eigenvalue weighted by atomic mass is 32.2. The van der Waals surface area contributed by atoms with Crippen molar-refractivity contribution in [3.8, 4) is 10.9 Å². The molecule has 1 aromatic heterocycles. The van der Waals surface area contributed by atoms with Crippen molar-refractivity contribution in [2.45, 2.75) is 30.0 Å². The van der Waals surface area contributed by atoms with E-state index in [1.807, 2.05) is 18.2 Å². The molecule has 6 nitrogen and oxygen atoms in total. The lowest BCUT2D eigenvalue weighted by atomic mass is 10.1. The van der Waals surface area contributed by atoms with Crippen LogP contribution < -0.4 is 9.47 Å². The minimum atomic E-state index is -4.51. The number of ether oxygens (including phenoxy) is 2. The summed E-state index contributed by atoms with van der Waals surface area (Å²) in [5, 5.41) is 0.507. The summed E-state index contributed by atoms with van der Waals surface area (Å²) in [6, 6.07) is 9.09. The average molecular weight is 473 g/mol. The number of rotatable bonds is 5. The van der Waals surface area contributed by atoms with Gasteiger partial charge in [0.25, 0.3) is 5.19 Å². The number of benzene rings is 2. The Hall–Kier alpha value is -2.37. The number of nitrogens with zero attached hydrogens (tertiary/aromatic N) is 2. The van der Waals surface area contributed by atoms with Crippen LogP contribution in [0.25, 0.3) is 10.2 Å². The first-order valence-electron chi connectivity index (χ1n) is 9.45. The Morgan fingerprint density at radius 1 is 1.10 bits per heavy atom. The summed E-state index contributed by atoms with van der Waals surface area (Å²) in [7, 11) is -2.28. The van der Waals surface area contributed by atoms with Crippen LogP contribution in [-0.4, -0.2) is 44.0 Å². The molecule has 31 heavy (non-hydrogen) atoms. The van der Waals surface area contributed by atoms with E-state index < -0.39 is 21.8 Å². The maximum atomic E-state index is 12.8. The summed E-state index contributed by atoms with van der Waals surface area (Å²) in [5.74, 6) is 0.726. The number of aromatic nitrogens is 1. The Morgan fingerprint density at radius 2 is 1.77 bits per heavy atom. The van der Waals surface area contributed by atoms with Gasteiger partial charge in [-0.05, 0) is 55.3 Å². The molecule has 4 rings (SSSR count). The minimum absolute atomic E-state index is 0.153. The zero-order valence-electron chi connectivity index (χ0n) is 16.4. The van der Waals surface area contributed by atoms with Gasteiger partial charge in [0.2, 0.25) is 10.0 Å². The third-order valence-electron chi connectivity index (χ3n) is 5.06. The summed E-state index contributed by atoms with van der Waals surface area (Å²) >= 11 is 1.39. The molecule has 0 amide bonds. The van der Waals surface area contributed by atoms with Crippen LogP contribution >= 0.6 is 11.3 Å². The summed E-state index contributed by atoms with van der Waals surface area (Å²) < 4.78 is 77.1. The number of fused-ring (bicyclic) bond motifs is 1. The minimum Gasteiger partial charge on any atom is -0.497 e. The largest absolute Gasteiger partial charge is 0.497 e. The van der Waals surface area contributed by atoms with E-state index in [4.69, 9.17) is 9.47 Å². The maximum absolute atomic E-state index is 12.8. The topological polar surface area (TPSA) is 68.7 Å². The highest BCUT2D eigenvalue weighted by molar-refractivity contribution is 7.89. The molecule has 2 heterocycles. The first-order chi connectivity index (χ1) is 14.7. The van der Waals surface area contributed by atoms with Crippen molar-refractivity contribution in [1.29, 1.82) is 0 Å². The molecule has 3 aromatic rings. The molecule has 1 aliphatic rings. The van der Waals surface area contributed by atoms with E-state index in [0.29, 0.717) is 18.0 Å². The van der Waals surface area contributed by atoms with Gasteiger partial charge in [0.1, 0.15) is 11.9 Å². The SMILES string of the molecule is COc1ccc2nc(OC3CCN(S(=O)(=O)c4ccc(C(F)(F)F)cc4)CC3)sc2c1. The molecule has 2 aromatic carbocycles. The van der Waals surface area contributed by atoms with Crippen LogP contribution in [0.1, 0.15) is 18.4 Å². The Morgan fingerprint density at radius 3 is 2.39 bits per heavy atom. The molecule has 0 aliphatic carbocycles. The molecular formula is C20H19F3N2O4S2. The molecule has 1 saturated heterocycles. The lowest BCUT2D eigenvalue weighted by Crippen LogP contribution is -2.41. The number of piperidine rings is 1. The second kappa shape index (κ2) is 8.29. The Balaban J connectivity index is 1.40. The van der Waals surface area contributed by atoms with Gasteiger partial charge in [-0.15, -0.1) is 0 Å². The van der Waals surface area contributed by atoms with Crippen LogP contribution in [0.4, 0.5) is 13.2 Å². The second-order valence-electron chi connectivity index (χ2n) is 7.06. The first-order valence-corrected chi connectivity index (χ1v) is 11.7. The lowest BCUT2D eigenvalue weighted by Gasteiger charge is -2.30. The molecule has 0 bridgehead atoms. The third kappa shape index (κ3) is 4.63. The van der Waals surface area contributed by atoms with E-state index in [9.17, 15) is 21.6 Å². The van der Waals surface area contributed by atoms with Crippen LogP contribution in [0.3, 0.4) is 0 Å². The summed E-state index contributed by atoms with van der Waals surface area (Å²) in [4.78, 5) is 4.29. The van der Waals surface area contributed by atoms with E-state index in [0.717, 1.165) is 40.2 Å². The predicted molar refractivity (Wildman–Crippen MR) is 110 cm³/mol. The van der Waals surface area contributed by atoms with Gasteiger partial charge in [-0.3, -0.25) is 0 Å². The molecule has 0 radical (unpaired) electrons. The molecule has 11 heteroatoms. The lowest BCUT2D eigenvalue weighted by molar-refractivity contribution is -0.137. The molecule has 0 N–H and O–H groups in total. The van der Waals surface area contributed by atoms with Crippen molar-refractivity contribution in [3.05, 3.63) is 48.0 Å². The van der Waals surface area contributed by atoms with Gasteiger partial charge >= 0.3 is 6.18 Å². The fraction of sp³-hybridized carbons (Fsp3) is 0.350. The van der Waals surface area contributed by atoms with Crippen LogP contribution in [0.5, 0.6) is 10.9 Å².